The van der Waals surface area contributed by atoms with Crippen LogP contribution in [-0.2, 0) is 25.7 Å². The molecule has 40 heavy (non-hydrogen) atoms. The highest BCUT2D eigenvalue weighted by Crippen LogP contribution is 2.37. The number of carboxylic acid groups (broad SMARTS) is 3. The second kappa shape index (κ2) is 14.0. The Morgan fingerprint density at radius 2 is 1.25 bits per heavy atom. The highest BCUT2D eigenvalue weighted by atomic mass is 16.5. The van der Waals surface area contributed by atoms with E-state index in [9.17, 15) is 34.2 Å². The third kappa shape index (κ3) is 9.13. The van der Waals surface area contributed by atoms with E-state index in [1.165, 1.54) is 0 Å². The van der Waals surface area contributed by atoms with E-state index in [0.29, 0.717) is 12.8 Å². The lowest BCUT2D eigenvalue weighted by Gasteiger charge is -2.45. The van der Waals surface area contributed by atoms with E-state index >= 15 is 0 Å². The van der Waals surface area contributed by atoms with Crippen LogP contribution in [0.5, 0.6) is 0 Å². The first-order chi connectivity index (χ1) is 18.4. The molecule has 0 aliphatic heterocycles. The molecule has 0 fully saturated rings. The van der Waals surface area contributed by atoms with Crippen LogP contribution in [0.25, 0.3) is 0 Å². The molecule has 0 bridgehead atoms. The fourth-order valence-electron chi connectivity index (χ4n) is 4.41. The Morgan fingerprint density at radius 1 is 0.750 bits per heavy atom. The van der Waals surface area contributed by atoms with Crippen LogP contribution in [0.15, 0.2) is 30.3 Å². The van der Waals surface area contributed by atoms with Gasteiger partial charge in [-0.1, -0.05) is 71.9 Å². The zero-order chi connectivity index (χ0) is 30.8. The number of ether oxygens (including phenoxy) is 1. The van der Waals surface area contributed by atoms with Crippen molar-refractivity contribution in [2.75, 3.05) is 6.54 Å². The molecule has 0 saturated carbocycles. The smallest absolute Gasteiger partial charge is 0.407 e. The van der Waals surface area contributed by atoms with Gasteiger partial charge < -0.3 is 36.0 Å². The van der Waals surface area contributed by atoms with Crippen molar-refractivity contribution in [2.24, 2.45) is 10.8 Å². The minimum atomic E-state index is -1.98. The van der Waals surface area contributed by atoms with Crippen molar-refractivity contribution in [3.63, 3.8) is 0 Å². The lowest BCUT2D eigenvalue weighted by Crippen LogP contribution is -2.69. The van der Waals surface area contributed by atoms with E-state index in [-0.39, 0.29) is 19.6 Å². The molecule has 12 nitrogen and oxygen atoms in total. The van der Waals surface area contributed by atoms with E-state index in [1.807, 2.05) is 30.3 Å². The summed E-state index contributed by atoms with van der Waals surface area (Å²) in [5.41, 5.74) is -5.08. The molecule has 0 heterocycles. The van der Waals surface area contributed by atoms with Crippen LogP contribution in [0, 0.1) is 10.8 Å². The third-order valence-corrected chi connectivity index (χ3v) is 7.12. The summed E-state index contributed by atoms with van der Waals surface area (Å²) < 4.78 is 5.15. The first-order valence-corrected chi connectivity index (χ1v) is 13.1. The summed E-state index contributed by atoms with van der Waals surface area (Å²) >= 11 is 0. The maximum atomic E-state index is 13.2. The predicted molar refractivity (Wildman–Crippen MR) is 147 cm³/mol. The number of urea groups is 1. The van der Waals surface area contributed by atoms with Crippen LogP contribution < -0.4 is 16.0 Å². The zero-order valence-corrected chi connectivity index (χ0v) is 24.1. The SMILES string of the molecule is CC(C)(C)C(CCCCNC(=O)OCc1ccccc1)(NC(=O)NC(CCC(=O)O)(C(=O)O)C(C)(C)C)C(=O)O. The summed E-state index contributed by atoms with van der Waals surface area (Å²) in [6.07, 6.45) is -0.885. The van der Waals surface area contributed by atoms with Gasteiger partial charge in [0.2, 0.25) is 0 Å². The average Bonchev–Trinajstić information content (AvgIpc) is 2.83. The highest BCUT2D eigenvalue weighted by Gasteiger charge is 2.53. The van der Waals surface area contributed by atoms with Gasteiger partial charge >= 0.3 is 30.0 Å². The van der Waals surface area contributed by atoms with Crippen molar-refractivity contribution in [2.45, 2.75) is 91.3 Å². The van der Waals surface area contributed by atoms with Gasteiger partial charge in [-0.05, 0) is 42.1 Å². The topological polar surface area (TPSA) is 191 Å². The number of carbonyl (C=O) groups excluding carboxylic acids is 2. The summed E-state index contributed by atoms with van der Waals surface area (Å²) in [6.45, 7) is 9.88. The Balaban J connectivity index is 2.94. The zero-order valence-electron chi connectivity index (χ0n) is 24.1. The molecule has 224 valence electrons. The highest BCUT2D eigenvalue weighted by molar-refractivity contribution is 5.91. The minimum absolute atomic E-state index is 0.0231. The summed E-state index contributed by atoms with van der Waals surface area (Å²) in [5, 5.41) is 37.0. The number of unbranched alkanes of at least 4 members (excludes halogenated alkanes) is 1. The molecule has 0 saturated heterocycles. The molecule has 0 aromatic heterocycles. The average molecular weight is 566 g/mol. The fraction of sp³-hybridized carbons (Fsp3) is 0.607. The van der Waals surface area contributed by atoms with E-state index in [1.54, 1.807) is 41.5 Å². The van der Waals surface area contributed by atoms with Crippen LogP contribution in [0.4, 0.5) is 9.59 Å². The second-order valence-corrected chi connectivity index (χ2v) is 11.8. The predicted octanol–water partition coefficient (Wildman–Crippen LogP) is 3.99. The standard InChI is InChI=1S/C28H43N3O9/c1-25(2,3)27(21(34)35,15-10-11-17-29-24(39)40-18-19-12-8-7-9-13-19)30-23(38)31-28(22(36)37,26(4,5)6)16-14-20(32)33/h7-9,12-13H,10-11,14-18H2,1-6H3,(H,29,39)(H,32,33)(H,34,35)(H,36,37)(H2,30,31,38). The molecule has 3 amide bonds. The lowest BCUT2D eigenvalue weighted by molar-refractivity contribution is -0.150. The van der Waals surface area contributed by atoms with Gasteiger partial charge in [0.1, 0.15) is 17.7 Å². The molecule has 1 aromatic carbocycles. The third-order valence-electron chi connectivity index (χ3n) is 7.12. The van der Waals surface area contributed by atoms with Crippen molar-refractivity contribution < 1.29 is 44.0 Å². The lowest BCUT2D eigenvalue weighted by atomic mass is 9.69. The van der Waals surface area contributed by atoms with Crippen LogP contribution in [0.2, 0.25) is 0 Å². The summed E-state index contributed by atoms with van der Waals surface area (Å²) in [5.74, 6) is -3.98. The van der Waals surface area contributed by atoms with Crippen molar-refractivity contribution in [1.82, 2.24) is 16.0 Å². The van der Waals surface area contributed by atoms with Crippen LogP contribution in [-0.4, -0.2) is 63.0 Å². The van der Waals surface area contributed by atoms with Crippen molar-refractivity contribution in [3.05, 3.63) is 35.9 Å². The van der Waals surface area contributed by atoms with Gasteiger partial charge in [0.25, 0.3) is 0 Å². The number of amides is 3. The molecule has 2 unspecified atom stereocenters. The Labute approximate surface area is 234 Å². The number of nitrogens with one attached hydrogen (secondary N) is 3. The van der Waals surface area contributed by atoms with Crippen molar-refractivity contribution in [1.29, 1.82) is 0 Å². The first kappa shape index (κ1) is 34.2. The molecule has 0 spiro atoms. The van der Waals surface area contributed by atoms with E-state index in [4.69, 9.17) is 9.84 Å². The van der Waals surface area contributed by atoms with Gasteiger partial charge in [0.05, 0.1) is 0 Å². The Hall–Kier alpha value is -3.83. The Bertz CT molecular complexity index is 1050. The molecule has 0 radical (unpaired) electrons. The van der Waals surface area contributed by atoms with Gasteiger partial charge in [0.15, 0.2) is 0 Å². The molecule has 2 atom stereocenters. The first-order valence-electron chi connectivity index (χ1n) is 13.1. The molecule has 0 aliphatic carbocycles. The van der Waals surface area contributed by atoms with Gasteiger partial charge in [-0.2, -0.15) is 0 Å². The monoisotopic (exact) mass is 565 g/mol. The molecular formula is C28H43N3O9. The fourth-order valence-corrected chi connectivity index (χ4v) is 4.41. The van der Waals surface area contributed by atoms with Gasteiger partial charge in [-0.15, -0.1) is 0 Å². The maximum absolute atomic E-state index is 13.2. The van der Waals surface area contributed by atoms with Gasteiger partial charge in [-0.25, -0.2) is 19.2 Å². The number of hydrogen-bond acceptors (Lipinski definition) is 6. The number of carboxylic acids is 3. The quantitative estimate of drug-likeness (QED) is 0.181. The normalized spacial score (nSPS) is 14.7. The molecule has 1 rings (SSSR count). The maximum Gasteiger partial charge on any atom is 0.407 e. The number of aliphatic carboxylic acids is 3. The second-order valence-electron chi connectivity index (χ2n) is 11.8. The van der Waals surface area contributed by atoms with E-state index in [2.05, 4.69) is 16.0 Å². The number of carbonyl (C=O) groups is 5. The van der Waals surface area contributed by atoms with Crippen molar-refractivity contribution >= 4 is 30.0 Å². The van der Waals surface area contributed by atoms with Gasteiger partial charge in [0, 0.05) is 13.0 Å². The largest absolute Gasteiger partial charge is 0.481 e. The molecule has 12 heteroatoms. The van der Waals surface area contributed by atoms with Crippen LogP contribution >= 0.6 is 0 Å². The summed E-state index contributed by atoms with van der Waals surface area (Å²) in [6, 6.07) is 8.11. The number of alkyl carbamates (subject to hydrolysis) is 1. The summed E-state index contributed by atoms with van der Waals surface area (Å²) in [7, 11) is 0. The number of rotatable bonds is 14. The minimum Gasteiger partial charge on any atom is -0.481 e. The molecule has 0 aliphatic rings. The van der Waals surface area contributed by atoms with Crippen molar-refractivity contribution in [3.8, 4) is 0 Å². The molecule has 1 aromatic rings. The Kier molecular flexibility index (Phi) is 12.0. The van der Waals surface area contributed by atoms with E-state index < -0.39 is 64.8 Å². The van der Waals surface area contributed by atoms with Gasteiger partial charge in [-0.3, -0.25) is 4.79 Å². The molecule has 6 N–H and O–H groups in total. The number of benzene rings is 1. The van der Waals surface area contributed by atoms with E-state index in [0.717, 1.165) is 5.56 Å². The Morgan fingerprint density at radius 3 is 1.70 bits per heavy atom. The van der Waals surface area contributed by atoms with Crippen LogP contribution in [0.1, 0.15) is 79.2 Å². The number of hydrogen-bond donors (Lipinski definition) is 6. The summed E-state index contributed by atoms with van der Waals surface area (Å²) in [4.78, 5) is 61.3. The molecular weight excluding hydrogens is 522 g/mol. The van der Waals surface area contributed by atoms with Crippen LogP contribution in [0.3, 0.4) is 0 Å².